The van der Waals surface area contributed by atoms with Crippen LogP contribution in [0, 0.1) is 0 Å². The lowest BCUT2D eigenvalue weighted by Gasteiger charge is -2.06. The summed E-state index contributed by atoms with van der Waals surface area (Å²) in [5.74, 6) is -1.68. The number of aliphatic hydroxyl groups is 2. The maximum absolute atomic E-state index is 11.3. The van der Waals surface area contributed by atoms with Crippen LogP contribution in [-0.2, 0) is 23.9 Å². The zero-order valence-corrected chi connectivity index (χ0v) is 13.5. The molecule has 1 saturated heterocycles. The van der Waals surface area contributed by atoms with Gasteiger partial charge in [-0.1, -0.05) is 32.1 Å². The highest BCUT2D eigenvalue weighted by molar-refractivity contribution is 5.87. The summed E-state index contributed by atoms with van der Waals surface area (Å²) in [5, 5.41) is 17.5. The quantitative estimate of drug-likeness (QED) is 0.236. The number of aliphatic hydroxyl groups excluding tert-OH is 2. The minimum Gasteiger partial charge on any atom is -0.393 e. The molecule has 23 heavy (non-hydrogen) atoms. The lowest BCUT2D eigenvalue weighted by molar-refractivity contribution is -0.167. The van der Waals surface area contributed by atoms with E-state index < -0.39 is 24.6 Å². The van der Waals surface area contributed by atoms with Crippen molar-refractivity contribution in [2.75, 3.05) is 6.61 Å². The van der Waals surface area contributed by atoms with Gasteiger partial charge < -0.3 is 19.7 Å². The minimum absolute atomic E-state index is 0.104. The number of epoxide rings is 1. The first kappa shape index (κ1) is 19.7. The summed E-state index contributed by atoms with van der Waals surface area (Å²) in [6.07, 6.45) is 4.96. The molecule has 3 atom stereocenters. The Kier molecular flexibility index (Phi) is 8.98. The number of ketones is 1. The van der Waals surface area contributed by atoms with Crippen LogP contribution < -0.4 is 0 Å². The van der Waals surface area contributed by atoms with Crippen molar-refractivity contribution in [2.45, 2.75) is 76.6 Å². The van der Waals surface area contributed by atoms with Gasteiger partial charge in [0.05, 0.1) is 12.7 Å². The van der Waals surface area contributed by atoms with E-state index in [0.717, 1.165) is 38.5 Å². The molecule has 0 aromatic heterocycles. The Balaban J connectivity index is 1.89. The molecule has 3 unspecified atom stereocenters. The smallest absolute Gasteiger partial charge is 0.345 e. The molecule has 7 nitrogen and oxygen atoms in total. The highest BCUT2D eigenvalue weighted by Gasteiger charge is 2.41. The van der Waals surface area contributed by atoms with Gasteiger partial charge in [0.1, 0.15) is 6.10 Å². The normalized spacial score (nSPS) is 20.8. The molecule has 0 radical (unpaired) electrons. The van der Waals surface area contributed by atoms with Crippen molar-refractivity contribution in [3.8, 4) is 0 Å². The number of hydrogen-bond donors (Lipinski definition) is 2. The van der Waals surface area contributed by atoms with Gasteiger partial charge in [0.25, 0.3) is 0 Å². The van der Waals surface area contributed by atoms with Gasteiger partial charge in [-0.15, -0.1) is 0 Å². The van der Waals surface area contributed by atoms with Crippen LogP contribution in [0.2, 0.25) is 0 Å². The lowest BCUT2D eigenvalue weighted by atomic mass is 10.1. The zero-order chi connectivity index (χ0) is 17.2. The van der Waals surface area contributed by atoms with Crippen molar-refractivity contribution in [3.63, 3.8) is 0 Å². The van der Waals surface area contributed by atoms with E-state index in [4.69, 9.17) is 14.9 Å². The average Bonchev–Trinajstić information content (AvgIpc) is 3.28. The van der Waals surface area contributed by atoms with Gasteiger partial charge in [-0.05, 0) is 19.8 Å². The van der Waals surface area contributed by atoms with Crippen LogP contribution in [0.4, 0.5) is 0 Å². The fraction of sp³-hybridized carbons (Fsp3) is 0.812. The molecule has 0 aromatic carbocycles. The Hall–Kier alpha value is -1.31. The summed E-state index contributed by atoms with van der Waals surface area (Å²) in [6.45, 7) is 0.791. The van der Waals surface area contributed by atoms with Crippen molar-refractivity contribution >= 4 is 17.7 Å². The van der Waals surface area contributed by atoms with Gasteiger partial charge >= 0.3 is 11.9 Å². The second-order valence-corrected chi connectivity index (χ2v) is 5.86. The lowest BCUT2D eigenvalue weighted by Crippen LogP contribution is -2.28. The summed E-state index contributed by atoms with van der Waals surface area (Å²) in [5.41, 5.74) is 0. The van der Waals surface area contributed by atoms with Crippen molar-refractivity contribution in [1.82, 2.24) is 0 Å². The third kappa shape index (κ3) is 8.20. The third-order valence-corrected chi connectivity index (χ3v) is 3.76. The number of Topliss-reactive ketones (excluding diaryl/α,β-unsaturated/α-hetero) is 1. The second-order valence-electron chi connectivity index (χ2n) is 5.86. The third-order valence-electron chi connectivity index (χ3n) is 3.76. The SMILES string of the molecule is CC(=O)C1OC1CCCCCCCCC(=O)OC(=O)C(O)CO. The number of ether oxygens (including phenoxy) is 2. The molecule has 0 bridgehead atoms. The predicted octanol–water partition coefficient (Wildman–Crippen LogP) is 0.887. The Bertz CT molecular complexity index is 407. The van der Waals surface area contributed by atoms with Crippen molar-refractivity contribution in [3.05, 3.63) is 0 Å². The van der Waals surface area contributed by atoms with Crippen LogP contribution in [0.5, 0.6) is 0 Å². The predicted molar refractivity (Wildman–Crippen MR) is 80.5 cm³/mol. The van der Waals surface area contributed by atoms with Gasteiger partial charge in [0, 0.05) is 6.42 Å². The van der Waals surface area contributed by atoms with Crippen LogP contribution in [0.15, 0.2) is 0 Å². The molecule has 0 saturated carbocycles. The molecule has 0 aliphatic carbocycles. The minimum atomic E-state index is -1.66. The molecule has 1 fully saturated rings. The molecule has 1 aliphatic heterocycles. The fourth-order valence-corrected chi connectivity index (χ4v) is 2.35. The highest BCUT2D eigenvalue weighted by Crippen LogP contribution is 2.28. The van der Waals surface area contributed by atoms with E-state index in [2.05, 4.69) is 4.74 Å². The molecule has 2 N–H and O–H groups in total. The molecule has 0 amide bonds. The summed E-state index contributed by atoms with van der Waals surface area (Å²) < 4.78 is 9.63. The van der Waals surface area contributed by atoms with Crippen molar-refractivity contribution in [1.29, 1.82) is 0 Å². The van der Waals surface area contributed by atoms with Crippen molar-refractivity contribution in [2.24, 2.45) is 0 Å². The first-order valence-corrected chi connectivity index (χ1v) is 8.15. The van der Waals surface area contributed by atoms with E-state index >= 15 is 0 Å². The van der Waals surface area contributed by atoms with Crippen LogP contribution in [-0.4, -0.2) is 52.9 Å². The van der Waals surface area contributed by atoms with Gasteiger partial charge in [-0.3, -0.25) is 9.59 Å². The molecular formula is C16H26O7. The zero-order valence-electron chi connectivity index (χ0n) is 13.5. The molecule has 1 aliphatic rings. The van der Waals surface area contributed by atoms with Crippen LogP contribution >= 0.6 is 0 Å². The number of carbonyl (C=O) groups is 3. The van der Waals surface area contributed by atoms with Crippen LogP contribution in [0.3, 0.4) is 0 Å². The Morgan fingerprint density at radius 2 is 1.70 bits per heavy atom. The number of hydrogen-bond acceptors (Lipinski definition) is 7. The Morgan fingerprint density at radius 1 is 1.09 bits per heavy atom. The van der Waals surface area contributed by atoms with E-state index in [9.17, 15) is 14.4 Å². The van der Waals surface area contributed by atoms with E-state index in [1.165, 1.54) is 0 Å². The maximum atomic E-state index is 11.3. The van der Waals surface area contributed by atoms with E-state index in [-0.39, 0.29) is 24.4 Å². The van der Waals surface area contributed by atoms with E-state index in [0.29, 0.717) is 6.42 Å². The number of carbonyl (C=O) groups excluding carboxylic acids is 3. The van der Waals surface area contributed by atoms with Gasteiger partial charge in [0.2, 0.25) is 0 Å². The maximum Gasteiger partial charge on any atom is 0.345 e. The Morgan fingerprint density at radius 3 is 2.26 bits per heavy atom. The molecule has 0 aromatic rings. The molecule has 132 valence electrons. The monoisotopic (exact) mass is 330 g/mol. The summed E-state index contributed by atoms with van der Waals surface area (Å²) in [6, 6.07) is 0. The molecule has 7 heteroatoms. The van der Waals surface area contributed by atoms with Crippen LogP contribution in [0.25, 0.3) is 0 Å². The van der Waals surface area contributed by atoms with E-state index in [1.807, 2.05) is 0 Å². The summed E-state index contributed by atoms with van der Waals surface area (Å²) >= 11 is 0. The topological polar surface area (TPSA) is 113 Å². The number of unbranched alkanes of at least 4 members (excludes halogenated alkanes) is 5. The summed E-state index contributed by atoms with van der Waals surface area (Å²) in [4.78, 5) is 33.3. The first-order valence-electron chi connectivity index (χ1n) is 8.15. The Labute approximate surface area is 136 Å². The molecule has 1 rings (SSSR count). The van der Waals surface area contributed by atoms with Gasteiger partial charge in [0.15, 0.2) is 11.9 Å². The van der Waals surface area contributed by atoms with Crippen LogP contribution in [0.1, 0.15) is 58.3 Å². The van der Waals surface area contributed by atoms with Crippen molar-refractivity contribution < 1.29 is 34.1 Å². The summed E-state index contributed by atoms with van der Waals surface area (Å²) in [7, 11) is 0. The van der Waals surface area contributed by atoms with Gasteiger partial charge in [-0.2, -0.15) is 0 Å². The fourth-order valence-electron chi connectivity index (χ4n) is 2.35. The van der Waals surface area contributed by atoms with E-state index in [1.54, 1.807) is 6.92 Å². The highest BCUT2D eigenvalue weighted by atomic mass is 16.6. The largest absolute Gasteiger partial charge is 0.393 e. The molecular weight excluding hydrogens is 304 g/mol. The standard InChI is InChI=1S/C16H26O7/c1-11(18)15-13(22-15)8-6-4-2-3-5-7-9-14(20)23-16(21)12(19)10-17/h12-13,15,17,19H,2-10H2,1H3. The second kappa shape index (κ2) is 10.5. The number of esters is 2. The average molecular weight is 330 g/mol. The number of rotatable bonds is 12. The molecule has 1 heterocycles. The first-order chi connectivity index (χ1) is 11.0. The molecule has 0 spiro atoms. The van der Waals surface area contributed by atoms with Gasteiger partial charge in [-0.25, -0.2) is 4.79 Å².